The number of aromatic nitrogens is 2. The Balaban J connectivity index is 1.56. The standard InChI is InChI=1S/C22H27Cl2N5O2/c1-14(11-25-18-9-16(22(2,3)4)17(23)10-19(18)30)28-5-7-29(8-6-28)20(31)15-12-26-21(24)27-13-15/h9-10,12-13,25,30H,1,5-8,11H2,2-4H3. The molecule has 1 aromatic heterocycles. The fraction of sp³-hybridized carbons (Fsp3) is 0.409. The Kier molecular flexibility index (Phi) is 6.96. The van der Waals surface area contributed by atoms with Gasteiger partial charge in [0.25, 0.3) is 5.91 Å². The van der Waals surface area contributed by atoms with Gasteiger partial charge in [-0.05, 0) is 28.6 Å². The Bertz CT molecular complexity index is 965. The zero-order valence-corrected chi connectivity index (χ0v) is 19.5. The number of nitrogens with one attached hydrogen (secondary N) is 1. The Morgan fingerprint density at radius 1 is 1.13 bits per heavy atom. The summed E-state index contributed by atoms with van der Waals surface area (Å²) in [6.07, 6.45) is 2.88. The number of aromatic hydroxyl groups is 1. The minimum absolute atomic E-state index is 0.103. The van der Waals surface area contributed by atoms with E-state index in [0.29, 0.717) is 49.0 Å². The smallest absolute Gasteiger partial charge is 0.257 e. The third kappa shape index (κ3) is 5.60. The van der Waals surface area contributed by atoms with Gasteiger partial charge >= 0.3 is 0 Å². The van der Waals surface area contributed by atoms with Gasteiger partial charge < -0.3 is 20.2 Å². The second kappa shape index (κ2) is 9.32. The normalized spacial score (nSPS) is 14.5. The van der Waals surface area contributed by atoms with Crippen LogP contribution in [0.25, 0.3) is 0 Å². The van der Waals surface area contributed by atoms with E-state index in [0.717, 1.165) is 11.3 Å². The van der Waals surface area contributed by atoms with Gasteiger partial charge in [-0.2, -0.15) is 0 Å². The number of phenolic OH excluding ortho intramolecular Hbond substituents is 1. The van der Waals surface area contributed by atoms with Crippen molar-refractivity contribution in [3.63, 3.8) is 0 Å². The highest BCUT2D eigenvalue weighted by Gasteiger charge is 2.24. The first kappa shape index (κ1) is 23.2. The van der Waals surface area contributed by atoms with Gasteiger partial charge in [0.15, 0.2) is 0 Å². The predicted octanol–water partition coefficient (Wildman–Crippen LogP) is 4.17. The minimum Gasteiger partial charge on any atom is -0.506 e. The van der Waals surface area contributed by atoms with Crippen LogP contribution in [0.1, 0.15) is 36.7 Å². The zero-order chi connectivity index (χ0) is 22.8. The number of phenols is 1. The van der Waals surface area contributed by atoms with Crippen LogP contribution < -0.4 is 5.32 Å². The Morgan fingerprint density at radius 2 is 1.71 bits per heavy atom. The molecule has 1 aliphatic rings. The highest BCUT2D eigenvalue weighted by Crippen LogP contribution is 2.37. The van der Waals surface area contributed by atoms with Crippen LogP contribution in [-0.2, 0) is 5.41 Å². The molecule has 31 heavy (non-hydrogen) atoms. The number of nitrogens with zero attached hydrogens (tertiary/aromatic N) is 4. The third-order valence-electron chi connectivity index (χ3n) is 5.26. The summed E-state index contributed by atoms with van der Waals surface area (Å²) in [5.41, 5.74) is 2.74. The highest BCUT2D eigenvalue weighted by atomic mass is 35.5. The van der Waals surface area contributed by atoms with Crippen molar-refractivity contribution in [1.82, 2.24) is 19.8 Å². The SMILES string of the molecule is C=C(CNc1cc(C(C)(C)C)c(Cl)cc1O)N1CCN(C(=O)c2cnc(Cl)nc2)CC1. The number of hydrogen-bond donors (Lipinski definition) is 2. The van der Waals surface area contributed by atoms with Crippen LogP contribution in [0.2, 0.25) is 10.3 Å². The number of amides is 1. The summed E-state index contributed by atoms with van der Waals surface area (Å²) in [6.45, 7) is 13.3. The van der Waals surface area contributed by atoms with Gasteiger partial charge in [-0.15, -0.1) is 0 Å². The Hall–Kier alpha value is -2.51. The lowest BCUT2D eigenvalue weighted by molar-refractivity contribution is 0.0668. The Labute approximate surface area is 192 Å². The molecule has 2 heterocycles. The molecule has 1 amide bonds. The van der Waals surface area contributed by atoms with Crippen LogP contribution in [0.5, 0.6) is 5.75 Å². The second-order valence-electron chi connectivity index (χ2n) is 8.54. The van der Waals surface area contributed by atoms with Crippen LogP contribution >= 0.6 is 23.2 Å². The van der Waals surface area contributed by atoms with E-state index < -0.39 is 0 Å². The van der Waals surface area contributed by atoms with Gasteiger partial charge in [0, 0.05) is 55.4 Å². The first-order valence-corrected chi connectivity index (χ1v) is 10.8. The Morgan fingerprint density at radius 3 is 2.29 bits per heavy atom. The zero-order valence-electron chi connectivity index (χ0n) is 18.0. The number of halogens is 2. The van der Waals surface area contributed by atoms with Crippen molar-refractivity contribution in [3.05, 3.63) is 58.2 Å². The van der Waals surface area contributed by atoms with Crippen LogP contribution in [-0.4, -0.2) is 63.5 Å². The van der Waals surface area contributed by atoms with Gasteiger partial charge in [-0.1, -0.05) is 39.0 Å². The van der Waals surface area contributed by atoms with E-state index in [1.807, 2.05) is 6.07 Å². The molecule has 1 fully saturated rings. The quantitative estimate of drug-likeness (QED) is 0.511. The average Bonchev–Trinajstić information content (AvgIpc) is 2.72. The van der Waals surface area contributed by atoms with Gasteiger partial charge in [0.1, 0.15) is 5.75 Å². The molecular formula is C22H27Cl2N5O2. The topological polar surface area (TPSA) is 81.6 Å². The molecule has 1 aromatic carbocycles. The maximum absolute atomic E-state index is 12.6. The van der Waals surface area contributed by atoms with Gasteiger partial charge in [-0.25, -0.2) is 9.97 Å². The van der Waals surface area contributed by atoms with Crippen molar-refractivity contribution in [3.8, 4) is 5.75 Å². The van der Waals surface area contributed by atoms with E-state index in [1.54, 1.807) is 11.0 Å². The van der Waals surface area contributed by atoms with Crippen molar-refractivity contribution < 1.29 is 9.90 Å². The van der Waals surface area contributed by atoms with E-state index in [2.05, 4.69) is 47.5 Å². The summed E-state index contributed by atoms with van der Waals surface area (Å²) in [6, 6.07) is 3.45. The molecule has 2 N–H and O–H groups in total. The lowest BCUT2D eigenvalue weighted by Crippen LogP contribution is -2.48. The minimum atomic E-state index is -0.143. The van der Waals surface area contributed by atoms with E-state index in [4.69, 9.17) is 23.2 Å². The van der Waals surface area contributed by atoms with Crippen molar-refractivity contribution in [1.29, 1.82) is 0 Å². The number of hydrogen-bond acceptors (Lipinski definition) is 6. The molecule has 3 rings (SSSR count). The molecule has 0 radical (unpaired) electrons. The van der Waals surface area contributed by atoms with Crippen molar-refractivity contribution in [2.24, 2.45) is 0 Å². The monoisotopic (exact) mass is 463 g/mol. The van der Waals surface area contributed by atoms with Crippen molar-refractivity contribution in [2.75, 3.05) is 38.0 Å². The molecule has 166 valence electrons. The molecule has 0 saturated carbocycles. The van der Waals surface area contributed by atoms with E-state index in [-0.39, 0.29) is 22.4 Å². The molecule has 7 nitrogen and oxygen atoms in total. The van der Waals surface area contributed by atoms with E-state index in [9.17, 15) is 9.90 Å². The summed E-state index contributed by atoms with van der Waals surface area (Å²) < 4.78 is 0. The summed E-state index contributed by atoms with van der Waals surface area (Å²) in [5, 5.41) is 14.2. The lowest BCUT2D eigenvalue weighted by atomic mass is 9.86. The van der Waals surface area contributed by atoms with Gasteiger partial charge in [-0.3, -0.25) is 4.79 Å². The molecule has 1 saturated heterocycles. The summed E-state index contributed by atoms with van der Waals surface area (Å²) in [7, 11) is 0. The lowest BCUT2D eigenvalue weighted by Gasteiger charge is -2.37. The summed E-state index contributed by atoms with van der Waals surface area (Å²) >= 11 is 12.0. The van der Waals surface area contributed by atoms with E-state index in [1.165, 1.54) is 12.4 Å². The fourth-order valence-corrected chi connectivity index (χ4v) is 3.96. The molecule has 0 atom stereocenters. The molecule has 2 aromatic rings. The molecular weight excluding hydrogens is 437 g/mol. The average molecular weight is 464 g/mol. The number of piperazine rings is 1. The van der Waals surface area contributed by atoms with E-state index >= 15 is 0 Å². The summed E-state index contributed by atoms with van der Waals surface area (Å²) in [4.78, 5) is 24.2. The van der Waals surface area contributed by atoms with Crippen LogP contribution in [0, 0.1) is 0 Å². The summed E-state index contributed by atoms with van der Waals surface area (Å²) in [5.74, 6) is -0.00718. The maximum Gasteiger partial charge on any atom is 0.257 e. The van der Waals surface area contributed by atoms with Gasteiger partial charge in [0.05, 0.1) is 17.8 Å². The predicted molar refractivity (Wildman–Crippen MR) is 124 cm³/mol. The molecule has 0 spiro atoms. The first-order valence-electron chi connectivity index (χ1n) is 10.0. The van der Waals surface area contributed by atoms with Crippen LogP contribution in [0.3, 0.4) is 0 Å². The fourth-order valence-electron chi connectivity index (χ4n) is 3.42. The maximum atomic E-state index is 12.6. The highest BCUT2D eigenvalue weighted by molar-refractivity contribution is 6.31. The second-order valence-corrected chi connectivity index (χ2v) is 9.28. The van der Waals surface area contributed by atoms with Crippen molar-refractivity contribution >= 4 is 34.8 Å². The van der Waals surface area contributed by atoms with Crippen LogP contribution in [0.15, 0.2) is 36.8 Å². The molecule has 1 aliphatic heterocycles. The largest absolute Gasteiger partial charge is 0.506 e. The number of carbonyl (C=O) groups is 1. The van der Waals surface area contributed by atoms with Gasteiger partial charge in [0.2, 0.25) is 5.28 Å². The number of anilines is 1. The number of rotatable bonds is 5. The molecule has 0 aliphatic carbocycles. The van der Waals surface area contributed by atoms with Crippen LogP contribution in [0.4, 0.5) is 5.69 Å². The molecule has 0 unspecified atom stereocenters. The number of carbonyl (C=O) groups excluding carboxylic acids is 1. The number of benzene rings is 1. The first-order chi connectivity index (χ1) is 14.6. The molecule has 0 bridgehead atoms. The van der Waals surface area contributed by atoms with Crippen molar-refractivity contribution in [2.45, 2.75) is 26.2 Å². The molecule has 9 heteroatoms. The third-order valence-corrected chi connectivity index (χ3v) is 5.77.